The summed E-state index contributed by atoms with van der Waals surface area (Å²) in [5.41, 5.74) is 9.75. The first-order chi connectivity index (χ1) is 30.9. The molecule has 2 N–H and O–H groups in total. The van der Waals surface area contributed by atoms with Crippen LogP contribution in [0.3, 0.4) is 0 Å². The van der Waals surface area contributed by atoms with Crippen LogP contribution in [0.2, 0.25) is 0 Å². The number of ether oxygens (including phenoxy) is 2. The van der Waals surface area contributed by atoms with E-state index in [1.54, 1.807) is 6.92 Å². The van der Waals surface area contributed by atoms with Gasteiger partial charge in [0.2, 0.25) is 0 Å². The minimum Gasteiger partial charge on any atom is -0.664 e. The number of allylic oxidation sites excluding steroid dienone is 5. The SMILES string of the molecule is CC[C@H]1/C2=C/c3[n-]c4c(c3C)C(O)=C(C(=O)OC)/C4=C3/[N-]/C(=C/c4[n-]c(c(C(C)=O)c4C)/C=C(\N2)[C@@H]1C)[C@@H](C)[C@@H]3CCC(=O)OC/C=C(/C)CCC[C@H](C)CCC[C@@H](C)CCCC(C)C.[Mg+2]. The van der Waals surface area contributed by atoms with Crippen molar-refractivity contribution >= 4 is 70.3 Å². The number of methoxy groups -OCH3 is 1. The third kappa shape index (κ3) is 11.7. The van der Waals surface area contributed by atoms with Crippen molar-refractivity contribution in [2.75, 3.05) is 13.7 Å². The maximum absolute atomic E-state index is 13.6. The van der Waals surface area contributed by atoms with E-state index in [1.807, 2.05) is 38.2 Å². The number of carbonyl (C=O) groups is 3. The van der Waals surface area contributed by atoms with Crippen LogP contribution in [0.4, 0.5) is 0 Å². The topological polar surface area (TPSA) is 144 Å². The number of rotatable bonds is 20. The number of fused-ring (bicyclic) bond motifs is 7. The molecule has 0 radical (unpaired) electrons. The van der Waals surface area contributed by atoms with E-state index in [1.165, 1.54) is 57.6 Å². The average molecular weight is 913 g/mol. The van der Waals surface area contributed by atoms with Crippen molar-refractivity contribution in [1.82, 2.24) is 15.3 Å². The fraction of sp³-hybridized carbons (Fsp3) is 0.582. The molecule has 8 bridgehead atoms. The molecule has 0 spiro atoms. The Hall–Kier alpha value is -4.22. The Morgan fingerprint density at radius 3 is 2.09 bits per heavy atom. The molecular weight excluding hydrogens is 837 g/mol. The van der Waals surface area contributed by atoms with E-state index in [0.717, 1.165) is 53.6 Å². The number of nitrogens with one attached hydrogen (secondary N) is 1. The third-order valence-corrected chi connectivity index (χ3v) is 14.7. The van der Waals surface area contributed by atoms with Gasteiger partial charge in [0.1, 0.15) is 17.9 Å². The number of aromatic nitrogens is 2. The maximum Gasteiger partial charge on any atom is 2.00 e. The van der Waals surface area contributed by atoms with Crippen LogP contribution in [-0.2, 0) is 19.1 Å². The summed E-state index contributed by atoms with van der Waals surface area (Å²) in [6.45, 7) is 23.5. The Morgan fingerprint density at radius 2 is 1.45 bits per heavy atom. The number of nitrogens with zero attached hydrogens (tertiary/aromatic N) is 3. The zero-order valence-electron chi connectivity index (χ0n) is 42.1. The summed E-state index contributed by atoms with van der Waals surface area (Å²) in [5.74, 6) is 0.729. The largest absolute Gasteiger partial charge is 2.00 e. The number of hydrogen-bond acceptors (Lipinski definition) is 7. The predicted octanol–water partition coefficient (Wildman–Crippen LogP) is 12.6. The molecule has 3 aliphatic heterocycles. The molecule has 0 saturated carbocycles. The van der Waals surface area contributed by atoms with Crippen molar-refractivity contribution in [2.45, 2.75) is 153 Å². The van der Waals surface area contributed by atoms with Crippen LogP contribution in [0.15, 0.2) is 40.0 Å². The first-order valence-corrected chi connectivity index (χ1v) is 24.5. The summed E-state index contributed by atoms with van der Waals surface area (Å²) in [7, 11) is 1.29. The second kappa shape index (κ2) is 23.2. The van der Waals surface area contributed by atoms with Crippen molar-refractivity contribution in [3.05, 3.63) is 90.4 Å². The molecule has 11 heteroatoms. The van der Waals surface area contributed by atoms with E-state index < -0.39 is 5.97 Å². The maximum atomic E-state index is 13.6. The summed E-state index contributed by atoms with van der Waals surface area (Å²) >= 11 is 0. The van der Waals surface area contributed by atoms with Gasteiger partial charge in [-0.25, -0.2) is 4.79 Å². The van der Waals surface area contributed by atoms with Gasteiger partial charge in [-0.15, -0.1) is 28.5 Å². The predicted molar refractivity (Wildman–Crippen MR) is 268 cm³/mol. The molecule has 66 heavy (non-hydrogen) atoms. The Kier molecular flexibility index (Phi) is 18.5. The van der Waals surface area contributed by atoms with E-state index in [9.17, 15) is 19.5 Å². The Bertz CT molecular complexity index is 2320. The molecule has 354 valence electrons. The van der Waals surface area contributed by atoms with Gasteiger partial charge in [-0.2, -0.15) is 5.70 Å². The molecule has 1 aliphatic carbocycles. The molecule has 6 atom stereocenters. The van der Waals surface area contributed by atoms with Crippen molar-refractivity contribution in [3.8, 4) is 0 Å². The summed E-state index contributed by atoms with van der Waals surface area (Å²) < 4.78 is 11.0. The van der Waals surface area contributed by atoms with Crippen molar-refractivity contribution in [1.29, 1.82) is 0 Å². The summed E-state index contributed by atoms with van der Waals surface area (Å²) in [5, 5.41) is 20.7. The molecule has 2 aromatic rings. The van der Waals surface area contributed by atoms with Crippen molar-refractivity contribution in [2.24, 2.45) is 41.4 Å². The molecule has 0 aromatic carbocycles. The number of carbonyl (C=O) groups excluding carboxylic acids is 3. The normalized spacial score (nSPS) is 24.4. The van der Waals surface area contributed by atoms with Gasteiger partial charge in [0.05, 0.1) is 7.11 Å². The fourth-order valence-corrected chi connectivity index (χ4v) is 10.5. The van der Waals surface area contributed by atoms with Gasteiger partial charge in [0.25, 0.3) is 0 Å². The second-order valence-electron chi connectivity index (χ2n) is 20.1. The molecule has 2 fully saturated rings. The molecule has 2 saturated heterocycles. The van der Waals surface area contributed by atoms with Crippen LogP contribution in [0.5, 0.6) is 0 Å². The summed E-state index contributed by atoms with van der Waals surface area (Å²) in [6, 6.07) is 0. The van der Waals surface area contributed by atoms with Crippen LogP contribution in [0.1, 0.15) is 189 Å². The Balaban J connectivity index is 0.00000817. The zero-order chi connectivity index (χ0) is 47.3. The van der Waals surface area contributed by atoms with Gasteiger partial charge in [0, 0.05) is 40.8 Å². The molecule has 5 heterocycles. The zero-order valence-corrected chi connectivity index (χ0v) is 43.5. The standard InChI is InChI=1S/C55H77N4O6.Mg/c1-13-39-34(7)41-29-46-48(38(11)60)36(9)43(57-46)27-42-35(8)40(52(58-42)50-51(55(63)64-12)54(62)49-37(10)44(59-53(49)50)28-45(39)56-41)23-24-47(61)65-26-25-33(6)22-16-21-32(5)20-15-19-31(4)18-14-17-30(2)3;/h25,27-32,34-35,39-40H,13-24,26H2,1-12H3,(H4-,56,57,58,59,60,62,63);/q-1;+2/p-2/b33-25-,42-27+,45-28-;/t31-,32+,34+,35-,39+,40-;/m0./s1. The number of ketones is 1. The Labute approximate surface area is 411 Å². The quantitative estimate of drug-likeness (QED) is 0.0574. The van der Waals surface area contributed by atoms with Gasteiger partial charge < -0.3 is 35.2 Å². The molecule has 4 aliphatic rings. The van der Waals surface area contributed by atoms with Crippen LogP contribution in [0, 0.1) is 55.3 Å². The third-order valence-electron chi connectivity index (χ3n) is 14.7. The minimum absolute atomic E-state index is 0. The summed E-state index contributed by atoms with van der Waals surface area (Å²) in [4.78, 5) is 50.4. The average Bonchev–Trinajstić information content (AvgIpc) is 4.00. The van der Waals surface area contributed by atoms with Crippen molar-refractivity contribution < 1.29 is 29.0 Å². The molecule has 0 amide bonds. The molecule has 0 unspecified atom stereocenters. The van der Waals surface area contributed by atoms with Gasteiger partial charge >= 0.3 is 35.0 Å². The Morgan fingerprint density at radius 1 is 0.818 bits per heavy atom. The van der Waals surface area contributed by atoms with Gasteiger partial charge in [-0.3, -0.25) is 9.59 Å². The molecule has 10 nitrogen and oxygen atoms in total. The number of aliphatic hydroxyl groups excluding tert-OH is 1. The van der Waals surface area contributed by atoms with Gasteiger partial charge in [0.15, 0.2) is 5.78 Å². The van der Waals surface area contributed by atoms with Gasteiger partial charge in [-0.05, 0) is 94.6 Å². The van der Waals surface area contributed by atoms with E-state index >= 15 is 0 Å². The van der Waals surface area contributed by atoms with Crippen LogP contribution < -0.4 is 15.3 Å². The van der Waals surface area contributed by atoms with E-state index in [-0.39, 0.29) is 82.8 Å². The number of Topliss-reactive ketones (excluding diaryl/α,β-unsaturated/α-hetero) is 1. The second-order valence-corrected chi connectivity index (χ2v) is 20.1. The van der Waals surface area contributed by atoms with E-state index in [0.29, 0.717) is 63.2 Å². The van der Waals surface area contributed by atoms with Crippen molar-refractivity contribution in [3.63, 3.8) is 0 Å². The molecular formula is C55H75MgN4O6-. The number of aliphatic hydroxyl groups is 1. The van der Waals surface area contributed by atoms with E-state index in [2.05, 4.69) is 60.7 Å². The fourth-order valence-electron chi connectivity index (χ4n) is 10.5. The van der Waals surface area contributed by atoms with E-state index in [4.69, 9.17) is 24.8 Å². The monoisotopic (exact) mass is 912 g/mol. The minimum atomic E-state index is -0.694. The van der Waals surface area contributed by atoms with Gasteiger partial charge in [-0.1, -0.05) is 128 Å². The molecule has 6 rings (SSSR count). The first-order valence-electron chi connectivity index (χ1n) is 24.5. The number of esters is 2. The van der Waals surface area contributed by atoms with Crippen LogP contribution >= 0.6 is 0 Å². The van der Waals surface area contributed by atoms with Crippen LogP contribution in [-0.4, -0.2) is 59.6 Å². The number of hydrogen-bond donors (Lipinski definition) is 2. The first kappa shape index (κ1) is 52.7. The summed E-state index contributed by atoms with van der Waals surface area (Å²) in [6.07, 6.45) is 20.6. The smallest absolute Gasteiger partial charge is 0.664 e. The van der Waals surface area contributed by atoms with Crippen LogP contribution in [0.25, 0.3) is 34.9 Å². The molecule has 2 aromatic heterocycles.